The fourth-order valence-corrected chi connectivity index (χ4v) is 1.37. The normalized spacial score (nSPS) is 10.8. The van der Waals surface area contributed by atoms with Gasteiger partial charge in [0.15, 0.2) is 0 Å². The highest BCUT2D eigenvalue weighted by Crippen LogP contribution is 2.07. The van der Waals surface area contributed by atoms with Crippen molar-refractivity contribution >= 4 is 12.0 Å². The smallest absolute Gasteiger partial charge is 0.307 e. The predicted octanol–water partition coefficient (Wildman–Crippen LogP) is 2.28. The van der Waals surface area contributed by atoms with Crippen molar-refractivity contribution in [3.8, 4) is 0 Å². The number of rotatable bonds is 6. The van der Waals surface area contributed by atoms with Crippen LogP contribution in [-0.2, 0) is 11.3 Å². The van der Waals surface area contributed by atoms with Crippen LogP contribution in [0.2, 0.25) is 0 Å². The third kappa shape index (κ3) is 4.75. The monoisotopic (exact) mass is 219 g/mol. The molecule has 2 N–H and O–H groups in total. The van der Waals surface area contributed by atoms with E-state index in [1.165, 1.54) is 5.56 Å². The van der Waals surface area contributed by atoms with Crippen molar-refractivity contribution in [3.63, 3.8) is 0 Å². The zero-order valence-corrected chi connectivity index (χ0v) is 9.44. The van der Waals surface area contributed by atoms with Gasteiger partial charge in [-0.1, -0.05) is 43.3 Å². The molecule has 0 aliphatic heterocycles. The molecule has 16 heavy (non-hydrogen) atoms. The highest BCUT2D eigenvalue weighted by molar-refractivity contribution is 5.70. The Balaban J connectivity index is 2.59. The van der Waals surface area contributed by atoms with E-state index in [4.69, 9.17) is 5.11 Å². The number of carboxylic acids is 1. The topological polar surface area (TPSA) is 49.3 Å². The molecule has 0 spiro atoms. The molecule has 0 amide bonds. The molecule has 0 aliphatic carbocycles. The van der Waals surface area contributed by atoms with Gasteiger partial charge in [-0.05, 0) is 17.7 Å². The van der Waals surface area contributed by atoms with Gasteiger partial charge in [0.25, 0.3) is 0 Å². The lowest BCUT2D eigenvalue weighted by atomic mass is 10.1. The summed E-state index contributed by atoms with van der Waals surface area (Å²) in [7, 11) is 0. The second-order valence-corrected chi connectivity index (χ2v) is 3.53. The first-order chi connectivity index (χ1) is 7.72. The maximum atomic E-state index is 10.3. The van der Waals surface area contributed by atoms with Gasteiger partial charge in [-0.15, -0.1) is 0 Å². The van der Waals surface area contributed by atoms with Crippen LogP contribution >= 0.6 is 0 Å². The zero-order valence-electron chi connectivity index (χ0n) is 9.44. The molecule has 0 aromatic heterocycles. The lowest BCUT2D eigenvalue weighted by Crippen LogP contribution is -2.11. The first-order valence-electron chi connectivity index (χ1n) is 5.40. The molecule has 1 aromatic rings. The summed E-state index contributed by atoms with van der Waals surface area (Å²) < 4.78 is 0. The summed E-state index contributed by atoms with van der Waals surface area (Å²) >= 11 is 0. The van der Waals surface area contributed by atoms with Gasteiger partial charge >= 0.3 is 5.97 Å². The van der Waals surface area contributed by atoms with Gasteiger partial charge < -0.3 is 10.4 Å². The van der Waals surface area contributed by atoms with Gasteiger partial charge in [0.1, 0.15) is 0 Å². The standard InChI is InChI=1S/C13H17NO2/c1-2-14-10-12-7-3-5-11(9-12)6-4-8-13(15)16/h3-7,9,14H,2,8,10H2,1H3,(H,15,16). The van der Waals surface area contributed by atoms with Crippen LogP contribution in [0.1, 0.15) is 24.5 Å². The first-order valence-corrected chi connectivity index (χ1v) is 5.40. The fraction of sp³-hybridized carbons (Fsp3) is 0.308. The van der Waals surface area contributed by atoms with Gasteiger partial charge in [-0.3, -0.25) is 4.79 Å². The van der Waals surface area contributed by atoms with E-state index in [1.54, 1.807) is 6.08 Å². The Morgan fingerprint density at radius 3 is 3.00 bits per heavy atom. The summed E-state index contributed by atoms with van der Waals surface area (Å²) in [6, 6.07) is 8.05. The van der Waals surface area contributed by atoms with E-state index >= 15 is 0 Å². The summed E-state index contributed by atoms with van der Waals surface area (Å²) in [4.78, 5) is 10.3. The van der Waals surface area contributed by atoms with Crippen LogP contribution in [0.3, 0.4) is 0 Å². The molecule has 0 fully saturated rings. The molecular weight excluding hydrogens is 202 g/mol. The molecule has 3 heteroatoms. The van der Waals surface area contributed by atoms with Crippen LogP contribution in [0.25, 0.3) is 6.08 Å². The van der Waals surface area contributed by atoms with Gasteiger partial charge in [0, 0.05) is 6.54 Å². The molecule has 0 heterocycles. The molecular formula is C13H17NO2. The minimum absolute atomic E-state index is 0.0669. The van der Waals surface area contributed by atoms with Gasteiger partial charge in [0.2, 0.25) is 0 Å². The molecule has 0 atom stereocenters. The Bertz CT molecular complexity index is 372. The third-order valence-electron chi connectivity index (χ3n) is 2.13. The van der Waals surface area contributed by atoms with E-state index in [0.717, 1.165) is 18.7 Å². The summed E-state index contributed by atoms with van der Waals surface area (Å²) in [6.07, 6.45) is 3.57. The quantitative estimate of drug-likeness (QED) is 0.771. The number of benzene rings is 1. The van der Waals surface area contributed by atoms with E-state index in [1.807, 2.05) is 18.2 Å². The van der Waals surface area contributed by atoms with Crippen LogP contribution in [0, 0.1) is 0 Å². The highest BCUT2D eigenvalue weighted by atomic mass is 16.4. The highest BCUT2D eigenvalue weighted by Gasteiger charge is 1.94. The second-order valence-electron chi connectivity index (χ2n) is 3.53. The number of nitrogens with one attached hydrogen (secondary N) is 1. The number of hydrogen-bond acceptors (Lipinski definition) is 2. The number of carbonyl (C=O) groups is 1. The Kier molecular flexibility index (Phi) is 5.29. The molecule has 0 bridgehead atoms. The van der Waals surface area contributed by atoms with Crippen LogP contribution in [0.15, 0.2) is 30.3 Å². The number of carboxylic acid groups (broad SMARTS) is 1. The molecule has 1 rings (SSSR count). The number of aliphatic carboxylic acids is 1. The Morgan fingerprint density at radius 1 is 1.50 bits per heavy atom. The lowest BCUT2D eigenvalue weighted by Gasteiger charge is -2.02. The van der Waals surface area contributed by atoms with Crippen LogP contribution < -0.4 is 5.32 Å². The first kappa shape index (κ1) is 12.5. The molecule has 0 unspecified atom stereocenters. The summed E-state index contributed by atoms with van der Waals surface area (Å²) in [6.45, 7) is 3.85. The number of hydrogen-bond donors (Lipinski definition) is 2. The minimum atomic E-state index is -0.806. The maximum absolute atomic E-state index is 10.3. The molecule has 0 saturated carbocycles. The van der Waals surface area contributed by atoms with Crippen molar-refractivity contribution in [2.45, 2.75) is 19.9 Å². The van der Waals surface area contributed by atoms with E-state index in [0.29, 0.717) is 0 Å². The minimum Gasteiger partial charge on any atom is -0.481 e. The average molecular weight is 219 g/mol. The maximum Gasteiger partial charge on any atom is 0.307 e. The average Bonchev–Trinajstić information content (AvgIpc) is 2.26. The fourth-order valence-electron chi connectivity index (χ4n) is 1.37. The SMILES string of the molecule is CCNCc1cccc(C=CCC(=O)O)c1. The third-order valence-corrected chi connectivity index (χ3v) is 2.13. The van der Waals surface area contributed by atoms with Crippen molar-refractivity contribution in [2.75, 3.05) is 6.54 Å². The molecule has 86 valence electrons. The lowest BCUT2D eigenvalue weighted by molar-refractivity contribution is -0.135. The van der Waals surface area contributed by atoms with Crippen LogP contribution in [0.4, 0.5) is 0 Å². The Labute approximate surface area is 95.8 Å². The molecule has 0 saturated heterocycles. The second kappa shape index (κ2) is 6.80. The van der Waals surface area contributed by atoms with Gasteiger partial charge in [-0.2, -0.15) is 0 Å². The van der Waals surface area contributed by atoms with E-state index < -0.39 is 5.97 Å². The van der Waals surface area contributed by atoms with Gasteiger partial charge in [0.05, 0.1) is 6.42 Å². The van der Waals surface area contributed by atoms with Crippen LogP contribution in [0.5, 0.6) is 0 Å². The Hall–Kier alpha value is -1.61. The Morgan fingerprint density at radius 2 is 2.31 bits per heavy atom. The summed E-state index contributed by atoms with van der Waals surface area (Å²) in [5, 5.41) is 11.7. The van der Waals surface area contributed by atoms with Crippen molar-refractivity contribution in [2.24, 2.45) is 0 Å². The molecule has 0 radical (unpaired) electrons. The summed E-state index contributed by atoms with van der Waals surface area (Å²) in [5.74, 6) is -0.806. The molecule has 1 aromatic carbocycles. The molecule has 0 aliphatic rings. The zero-order chi connectivity index (χ0) is 11.8. The summed E-state index contributed by atoms with van der Waals surface area (Å²) in [5.41, 5.74) is 2.25. The van der Waals surface area contributed by atoms with Gasteiger partial charge in [-0.25, -0.2) is 0 Å². The largest absolute Gasteiger partial charge is 0.481 e. The van der Waals surface area contributed by atoms with Crippen molar-refractivity contribution in [3.05, 3.63) is 41.5 Å². The van der Waals surface area contributed by atoms with E-state index in [-0.39, 0.29) is 6.42 Å². The van der Waals surface area contributed by atoms with Crippen molar-refractivity contribution in [1.29, 1.82) is 0 Å². The van der Waals surface area contributed by atoms with E-state index in [9.17, 15) is 4.79 Å². The van der Waals surface area contributed by atoms with E-state index in [2.05, 4.69) is 24.4 Å². The predicted molar refractivity (Wildman–Crippen MR) is 65.1 cm³/mol. The molecule has 3 nitrogen and oxygen atoms in total. The van der Waals surface area contributed by atoms with Crippen molar-refractivity contribution in [1.82, 2.24) is 5.32 Å². The van der Waals surface area contributed by atoms with Crippen LogP contribution in [-0.4, -0.2) is 17.6 Å². The van der Waals surface area contributed by atoms with Crippen molar-refractivity contribution < 1.29 is 9.90 Å².